The average Bonchev–Trinajstić information content (AvgIpc) is 3.66. The molecule has 1 aliphatic rings. The van der Waals surface area contributed by atoms with Gasteiger partial charge in [-0.1, -0.05) is 27.7 Å². The molecule has 2 amide bonds. The van der Waals surface area contributed by atoms with E-state index < -0.39 is 34.3 Å². The lowest BCUT2D eigenvalue weighted by molar-refractivity contribution is -0.132. The zero-order valence-electron chi connectivity index (χ0n) is 27.2. The molecule has 3 aromatic carbocycles. The van der Waals surface area contributed by atoms with Crippen LogP contribution in [0.1, 0.15) is 40.5 Å². The monoisotopic (exact) mass is 647 g/mol. The second kappa shape index (κ2) is 13.9. The first-order chi connectivity index (χ1) is 22.5. The van der Waals surface area contributed by atoms with Crippen molar-refractivity contribution in [2.24, 2.45) is 10.8 Å². The summed E-state index contributed by atoms with van der Waals surface area (Å²) in [7, 11) is 1.53. The highest BCUT2D eigenvalue weighted by molar-refractivity contribution is 6.18. The Hall–Kier alpha value is -4.84. The van der Waals surface area contributed by atoms with Crippen LogP contribution in [0.4, 0.5) is 20.2 Å². The molecular formula is C35H39F2N5O5. The Morgan fingerprint density at radius 2 is 1.55 bits per heavy atom. The fourth-order valence-corrected chi connectivity index (χ4v) is 5.68. The van der Waals surface area contributed by atoms with Gasteiger partial charge in [-0.15, -0.1) is 0 Å². The van der Waals surface area contributed by atoms with Gasteiger partial charge in [-0.3, -0.25) is 9.59 Å². The van der Waals surface area contributed by atoms with Crippen LogP contribution in [0.3, 0.4) is 0 Å². The number of hydrogen-bond donors (Lipinski definition) is 2. The summed E-state index contributed by atoms with van der Waals surface area (Å²) in [6.07, 6.45) is 2.45. The van der Waals surface area contributed by atoms with Gasteiger partial charge in [0.1, 0.15) is 17.6 Å². The summed E-state index contributed by atoms with van der Waals surface area (Å²) in [5.41, 5.74) is -1.000. The lowest BCUT2D eigenvalue weighted by atomic mass is 9.93. The SMILES string of the molecule is CCN(CC)CCCOc1cc2ncnc(Oc3ccc(NC(=O)C4(C(=O)Nc5ccc(F)cc5)CC4(C)C)cc3F)c2cc1OC. The maximum absolute atomic E-state index is 15.3. The van der Waals surface area contributed by atoms with Crippen molar-refractivity contribution in [1.29, 1.82) is 0 Å². The number of amides is 2. The number of hydrogen-bond acceptors (Lipinski definition) is 8. The van der Waals surface area contributed by atoms with Crippen LogP contribution in [0.25, 0.3) is 10.9 Å². The molecular weight excluding hydrogens is 608 g/mol. The molecule has 2 N–H and O–H groups in total. The van der Waals surface area contributed by atoms with Crippen LogP contribution in [0, 0.1) is 22.5 Å². The normalized spacial score (nSPS) is 16.5. The predicted molar refractivity (Wildman–Crippen MR) is 175 cm³/mol. The van der Waals surface area contributed by atoms with Crippen LogP contribution in [-0.2, 0) is 9.59 Å². The Kier molecular flexibility index (Phi) is 9.90. The second-order valence-corrected chi connectivity index (χ2v) is 12.1. The third-order valence-electron chi connectivity index (χ3n) is 8.67. The van der Waals surface area contributed by atoms with Crippen LogP contribution >= 0.6 is 0 Å². The minimum absolute atomic E-state index is 0.105. The third-order valence-corrected chi connectivity index (χ3v) is 8.67. The number of rotatable bonds is 14. The Morgan fingerprint density at radius 3 is 2.17 bits per heavy atom. The molecule has 4 aromatic rings. The highest BCUT2D eigenvalue weighted by Crippen LogP contribution is 2.64. The van der Waals surface area contributed by atoms with Crippen molar-refractivity contribution in [2.75, 3.05) is 44.0 Å². The molecule has 1 saturated carbocycles. The van der Waals surface area contributed by atoms with Crippen molar-refractivity contribution in [3.05, 3.63) is 72.6 Å². The molecule has 0 saturated heterocycles. The minimum atomic E-state index is -1.39. The number of anilines is 2. The highest BCUT2D eigenvalue weighted by atomic mass is 19.1. The summed E-state index contributed by atoms with van der Waals surface area (Å²) in [5, 5.41) is 5.86. The van der Waals surface area contributed by atoms with Crippen LogP contribution in [0.5, 0.6) is 23.1 Å². The van der Waals surface area contributed by atoms with Crippen LogP contribution in [-0.4, -0.2) is 60.0 Å². The van der Waals surface area contributed by atoms with E-state index in [4.69, 9.17) is 14.2 Å². The zero-order chi connectivity index (χ0) is 33.8. The van der Waals surface area contributed by atoms with Crippen molar-refractivity contribution in [3.8, 4) is 23.1 Å². The van der Waals surface area contributed by atoms with Gasteiger partial charge in [-0.2, -0.15) is 0 Å². The summed E-state index contributed by atoms with van der Waals surface area (Å²) in [6, 6.07) is 12.6. The van der Waals surface area contributed by atoms with Crippen LogP contribution in [0.2, 0.25) is 0 Å². The third kappa shape index (κ3) is 7.12. The number of ether oxygens (including phenoxy) is 3. The maximum atomic E-state index is 15.3. The van der Waals surface area contributed by atoms with Gasteiger partial charge >= 0.3 is 0 Å². The summed E-state index contributed by atoms with van der Waals surface area (Å²) in [6.45, 7) is 11.2. The molecule has 1 fully saturated rings. The molecule has 1 heterocycles. The number of aromatic nitrogens is 2. The lowest BCUT2D eigenvalue weighted by Crippen LogP contribution is -2.39. The van der Waals surface area contributed by atoms with E-state index >= 15 is 4.39 Å². The van der Waals surface area contributed by atoms with Gasteiger partial charge in [0.2, 0.25) is 17.7 Å². The van der Waals surface area contributed by atoms with Crippen molar-refractivity contribution < 1.29 is 32.6 Å². The van der Waals surface area contributed by atoms with Crippen LogP contribution in [0.15, 0.2) is 60.9 Å². The molecule has 1 atom stereocenters. The van der Waals surface area contributed by atoms with E-state index in [1.54, 1.807) is 26.0 Å². The number of nitrogens with one attached hydrogen (secondary N) is 2. The number of carbonyl (C=O) groups excluding carboxylic acids is 2. The van der Waals surface area contributed by atoms with Gasteiger partial charge in [0.05, 0.1) is 24.6 Å². The van der Waals surface area contributed by atoms with Crippen LogP contribution < -0.4 is 24.8 Å². The minimum Gasteiger partial charge on any atom is -0.493 e. The van der Waals surface area contributed by atoms with Crippen molar-refractivity contribution in [1.82, 2.24) is 14.9 Å². The molecule has 10 nitrogen and oxygen atoms in total. The average molecular weight is 648 g/mol. The molecule has 0 bridgehead atoms. The number of halogens is 2. The molecule has 248 valence electrons. The summed E-state index contributed by atoms with van der Waals surface area (Å²) in [5.74, 6) is -1.34. The zero-order valence-corrected chi connectivity index (χ0v) is 27.2. The first-order valence-electron chi connectivity index (χ1n) is 15.5. The van der Waals surface area contributed by atoms with Gasteiger partial charge < -0.3 is 29.7 Å². The fourth-order valence-electron chi connectivity index (χ4n) is 5.68. The summed E-state index contributed by atoms with van der Waals surface area (Å²) in [4.78, 5) is 37.5. The van der Waals surface area contributed by atoms with Crippen molar-refractivity contribution in [3.63, 3.8) is 0 Å². The molecule has 0 aliphatic heterocycles. The number of carbonyl (C=O) groups is 2. The molecule has 1 aromatic heterocycles. The molecule has 0 radical (unpaired) electrons. The van der Waals surface area contributed by atoms with Gasteiger partial charge in [0.15, 0.2) is 23.1 Å². The molecule has 5 rings (SSSR count). The van der Waals surface area contributed by atoms with E-state index in [9.17, 15) is 14.0 Å². The number of methoxy groups -OCH3 is 1. The molecule has 1 unspecified atom stereocenters. The van der Waals surface area contributed by atoms with Crippen molar-refractivity contribution >= 4 is 34.1 Å². The Labute approximate surface area is 272 Å². The Morgan fingerprint density at radius 1 is 0.894 bits per heavy atom. The van der Waals surface area contributed by atoms with E-state index in [-0.39, 0.29) is 23.7 Å². The second-order valence-electron chi connectivity index (χ2n) is 12.1. The van der Waals surface area contributed by atoms with Gasteiger partial charge in [0.25, 0.3) is 0 Å². The van der Waals surface area contributed by atoms with E-state index in [1.807, 2.05) is 0 Å². The lowest BCUT2D eigenvalue weighted by Gasteiger charge is -2.20. The number of benzene rings is 3. The fraction of sp³-hybridized carbons (Fsp3) is 0.371. The number of nitrogens with zero attached hydrogens (tertiary/aromatic N) is 3. The quantitative estimate of drug-likeness (QED) is 0.113. The van der Waals surface area contributed by atoms with Gasteiger partial charge in [0, 0.05) is 30.1 Å². The topological polar surface area (TPSA) is 115 Å². The van der Waals surface area contributed by atoms with Gasteiger partial charge in [-0.05, 0) is 73.8 Å². The standard InChI is InChI=1S/C35H39F2N5O5/c1-6-42(7-2)15-8-16-46-30-19-27-25(18-29(30)45-5)31(39-21-38-27)47-28-14-13-24(17-26(28)37)41-33(44)35(20-34(35,3)4)32(43)40-23-11-9-22(36)10-12-23/h9-14,17-19,21H,6-8,15-16,20H2,1-5H3,(H,40,43)(H,41,44). The molecule has 0 spiro atoms. The molecule has 1 aliphatic carbocycles. The van der Waals surface area contributed by atoms with E-state index in [1.165, 1.54) is 49.8 Å². The number of fused-ring (bicyclic) bond motifs is 1. The van der Waals surface area contributed by atoms with E-state index in [2.05, 4.69) is 39.3 Å². The molecule has 47 heavy (non-hydrogen) atoms. The van der Waals surface area contributed by atoms with Crippen molar-refractivity contribution in [2.45, 2.75) is 40.5 Å². The highest BCUT2D eigenvalue weighted by Gasteiger charge is 2.71. The van der Waals surface area contributed by atoms with E-state index in [0.717, 1.165) is 32.1 Å². The molecule has 12 heteroatoms. The van der Waals surface area contributed by atoms with Gasteiger partial charge in [-0.25, -0.2) is 18.7 Å². The first-order valence-corrected chi connectivity index (χ1v) is 15.5. The predicted octanol–water partition coefficient (Wildman–Crippen LogP) is 6.81. The summed E-state index contributed by atoms with van der Waals surface area (Å²) >= 11 is 0. The first kappa shape index (κ1) is 33.5. The maximum Gasteiger partial charge on any atom is 0.240 e. The smallest absolute Gasteiger partial charge is 0.240 e. The Balaban J connectivity index is 1.29. The Bertz CT molecular complexity index is 1760. The largest absolute Gasteiger partial charge is 0.493 e. The summed E-state index contributed by atoms with van der Waals surface area (Å²) < 4.78 is 46.1. The van der Waals surface area contributed by atoms with E-state index in [0.29, 0.717) is 34.7 Å².